The van der Waals surface area contributed by atoms with Gasteiger partial charge in [0.25, 0.3) is 0 Å². The fourth-order valence-electron chi connectivity index (χ4n) is 4.07. The topological polar surface area (TPSA) is 77.6 Å². The Hall–Kier alpha value is -3.22. The molecule has 1 saturated carbocycles. The zero-order valence-corrected chi connectivity index (χ0v) is 15.9. The van der Waals surface area contributed by atoms with Crippen LogP contribution in [0.25, 0.3) is 22.1 Å². The largest absolute Gasteiger partial charge is 0.367 e. The standard InChI is InChI=1S/C21H22N6O/c1-13(2)26-18-4-3-8-23-20(18)27(21(26)28)16-10-15(11-16)24-19-6-5-14-12-22-9-7-17(14)25-19/h3-9,12-13,15-16H,10-11H2,1-2H3,(H,24,25). The molecular weight excluding hydrogens is 352 g/mol. The van der Waals surface area contributed by atoms with E-state index in [1.165, 1.54) is 0 Å². The van der Waals surface area contributed by atoms with Crippen LogP contribution >= 0.6 is 0 Å². The molecule has 0 saturated heterocycles. The number of hydrogen-bond acceptors (Lipinski definition) is 5. The van der Waals surface area contributed by atoms with E-state index in [4.69, 9.17) is 0 Å². The van der Waals surface area contributed by atoms with Gasteiger partial charge >= 0.3 is 5.69 Å². The van der Waals surface area contributed by atoms with E-state index in [2.05, 4.69) is 20.3 Å². The maximum absolute atomic E-state index is 13.0. The maximum atomic E-state index is 13.0. The molecule has 7 nitrogen and oxygen atoms in total. The van der Waals surface area contributed by atoms with Crippen molar-refractivity contribution in [2.24, 2.45) is 0 Å². The van der Waals surface area contributed by atoms with Crippen molar-refractivity contribution in [1.29, 1.82) is 0 Å². The van der Waals surface area contributed by atoms with Crippen LogP contribution in [0.4, 0.5) is 5.82 Å². The number of nitrogens with one attached hydrogen (secondary N) is 1. The molecule has 0 spiro atoms. The maximum Gasteiger partial charge on any atom is 0.330 e. The van der Waals surface area contributed by atoms with Crippen LogP contribution in [0.5, 0.6) is 0 Å². The van der Waals surface area contributed by atoms with Crippen molar-refractivity contribution in [3.05, 3.63) is 59.4 Å². The molecule has 4 aromatic heterocycles. The van der Waals surface area contributed by atoms with Gasteiger partial charge in [-0.15, -0.1) is 0 Å². The first-order valence-electron chi connectivity index (χ1n) is 9.66. The molecule has 0 aromatic carbocycles. The number of aromatic nitrogens is 5. The minimum absolute atomic E-state index is 0.0310. The summed E-state index contributed by atoms with van der Waals surface area (Å²) in [6.45, 7) is 4.06. The monoisotopic (exact) mass is 374 g/mol. The predicted molar refractivity (Wildman–Crippen MR) is 110 cm³/mol. The van der Waals surface area contributed by atoms with Crippen molar-refractivity contribution in [1.82, 2.24) is 24.1 Å². The van der Waals surface area contributed by atoms with Crippen molar-refractivity contribution in [2.75, 3.05) is 5.32 Å². The summed E-state index contributed by atoms with van der Waals surface area (Å²) in [5.41, 5.74) is 2.64. The fraction of sp³-hybridized carbons (Fsp3) is 0.333. The molecule has 0 amide bonds. The summed E-state index contributed by atoms with van der Waals surface area (Å²) >= 11 is 0. The molecule has 0 unspecified atom stereocenters. The lowest BCUT2D eigenvalue weighted by Crippen LogP contribution is -2.41. The van der Waals surface area contributed by atoms with E-state index in [-0.39, 0.29) is 17.8 Å². The van der Waals surface area contributed by atoms with E-state index in [0.717, 1.165) is 40.7 Å². The molecule has 28 heavy (non-hydrogen) atoms. The van der Waals surface area contributed by atoms with Gasteiger partial charge in [-0.1, -0.05) is 0 Å². The van der Waals surface area contributed by atoms with Crippen LogP contribution in [0.15, 0.2) is 53.7 Å². The minimum Gasteiger partial charge on any atom is -0.367 e. The highest BCUT2D eigenvalue weighted by molar-refractivity contribution is 5.79. The lowest BCUT2D eigenvalue weighted by atomic mass is 9.86. The number of hydrogen-bond donors (Lipinski definition) is 1. The van der Waals surface area contributed by atoms with Gasteiger partial charge in [-0.25, -0.2) is 14.8 Å². The molecule has 0 radical (unpaired) electrons. The molecule has 1 N–H and O–H groups in total. The highest BCUT2D eigenvalue weighted by Crippen LogP contribution is 2.35. The van der Waals surface area contributed by atoms with Crippen LogP contribution in [0.1, 0.15) is 38.8 Å². The van der Waals surface area contributed by atoms with Crippen molar-refractivity contribution >= 4 is 27.9 Å². The van der Waals surface area contributed by atoms with E-state index in [1.54, 1.807) is 12.4 Å². The SMILES string of the molecule is CC(C)n1c(=O)n(C2CC(Nc3ccc4cnccc4n3)C2)c2ncccc21. The molecule has 4 heterocycles. The van der Waals surface area contributed by atoms with Crippen molar-refractivity contribution in [3.8, 4) is 0 Å². The van der Waals surface area contributed by atoms with Crippen molar-refractivity contribution < 1.29 is 0 Å². The number of rotatable bonds is 4. The van der Waals surface area contributed by atoms with Crippen molar-refractivity contribution in [2.45, 2.75) is 44.8 Å². The van der Waals surface area contributed by atoms with E-state index >= 15 is 0 Å². The second kappa shape index (κ2) is 6.44. The lowest BCUT2D eigenvalue weighted by molar-refractivity contribution is 0.278. The Morgan fingerprint density at radius 2 is 2.00 bits per heavy atom. The highest BCUT2D eigenvalue weighted by atomic mass is 16.2. The Bertz CT molecular complexity index is 1220. The van der Waals surface area contributed by atoms with Gasteiger partial charge < -0.3 is 5.32 Å². The normalized spacial score (nSPS) is 19.2. The molecule has 1 fully saturated rings. The van der Waals surface area contributed by atoms with Crippen molar-refractivity contribution in [3.63, 3.8) is 0 Å². The third-order valence-corrected chi connectivity index (χ3v) is 5.50. The summed E-state index contributed by atoms with van der Waals surface area (Å²) in [7, 11) is 0. The van der Waals surface area contributed by atoms with E-state index < -0.39 is 0 Å². The van der Waals surface area contributed by atoms with Gasteiger partial charge in [-0.2, -0.15) is 0 Å². The van der Waals surface area contributed by atoms with E-state index in [9.17, 15) is 4.79 Å². The average molecular weight is 374 g/mol. The van der Waals surface area contributed by atoms with Crippen LogP contribution < -0.4 is 11.0 Å². The molecule has 1 aliphatic carbocycles. The molecule has 0 bridgehead atoms. The number of pyridine rings is 3. The summed E-state index contributed by atoms with van der Waals surface area (Å²) in [4.78, 5) is 26.3. The molecule has 142 valence electrons. The molecule has 4 aromatic rings. The molecule has 5 rings (SSSR count). The fourth-order valence-corrected chi connectivity index (χ4v) is 4.07. The Morgan fingerprint density at radius 1 is 1.14 bits per heavy atom. The van der Waals surface area contributed by atoms with Crippen LogP contribution in [0.2, 0.25) is 0 Å². The highest BCUT2D eigenvalue weighted by Gasteiger charge is 2.34. The Kier molecular flexibility index (Phi) is 3.89. The molecule has 0 aliphatic heterocycles. The number of fused-ring (bicyclic) bond motifs is 2. The second-order valence-corrected chi connectivity index (χ2v) is 7.69. The third kappa shape index (κ3) is 2.66. The van der Waals surface area contributed by atoms with Gasteiger partial charge in [-0.05, 0) is 57.0 Å². The van der Waals surface area contributed by atoms with Crippen LogP contribution in [0.3, 0.4) is 0 Å². The lowest BCUT2D eigenvalue weighted by Gasteiger charge is -2.36. The smallest absolute Gasteiger partial charge is 0.330 e. The summed E-state index contributed by atoms with van der Waals surface area (Å²) in [6, 6.07) is 10.3. The quantitative estimate of drug-likeness (QED) is 0.591. The van der Waals surface area contributed by atoms with E-state index in [0.29, 0.717) is 6.04 Å². The predicted octanol–water partition coefficient (Wildman–Crippen LogP) is 3.54. The first kappa shape index (κ1) is 16.9. The van der Waals surface area contributed by atoms with E-state index in [1.807, 2.05) is 59.5 Å². The van der Waals surface area contributed by atoms with Gasteiger partial charge in [0.05, 0.1) is 11.0 Å². The second-order valence-electron chi connectivity index (χ2n) is 7.69. The van der Waals surface area contributed by atoms with Gasteiger partial charge in [0, 0.05) is 42.1 Å². The summed E-state index contributed by atoms with van der Waals surface area (Å²) < 4.78 is 3.70. The van der Waals surface area contributed by atoms with Gasteiger partial charge in [-0.3, -0.25) is 14.1 Å². The Labute approximate surface area is 162 Å². The van der Waals surface area contributed by atoms with Gasteiger partial charge in [0.1, 0.15) is 5.82 Å². The summed E-state index contributed by atoms with van der Waals surface area (Å²) in [5.74, 6) is 0.859. The third-order valence-electron chi connectivity index (χ3n) is 5.50. The number of imidazole rings is 1. The van der Waals surface area contributed by atoms with Crippen LogP contribution in [0, 0.1) is 0 Å². The van der Waals surface area contributed by atoms with Crippen LogP contribution in [-0.2, 0) is 0 Å². The zero-order chi connectivity index (χ0) is 19.3. The molecule has 1 aliphatic rings. The molecular formula is C21H22N6O. The van der Waals surface area contributed by atoms with Crippen LogP contribution in [-0.4, -0.2) is 30.1 Å². The average Bonchev–Trinajstić information content (AvgIpc) is 2.96. The first-order valence-corrected chi connectivity index (χ1v) is 9.66. The summed E-state index contributed by atoms with van der Waals surface area (Å²) in [6.07, 6.45) is 7.08. The summed E-state index contributed by atoms with van der Waals surface area (Å²) in [5, 5.41) is 4.52. The Morgan fingerprint density at radius 3 is 2.82 bits per heavy atom. The minimum atomic E-state index is 0.0310. The number of anilines is 1. The first-order chi connectivity index (χ1) is 13.6. The molecule has 7 heteroatoms. The zero-order valence-electron chi connectivity index (χ0n) is 15.9. The number of nitrogens with zero attached hydrogens (tertiary/aromatic N) is 5. The van der Waals surface area contributed by atoms with Gasteiger partial charge in [0.15, 0.2) is 5.65 Å². The Balaban J connectivity index is 1.38. The van der Waals surface area contributed by atoms with Gasteiger partial charge in [0.2, 0.25) is 0 Å². The molecule has 0 atom stereocenters.